The Morgan fingerprint density at radius 1 is 1.00 bits per heavy atom. The predicted molar refractivity (Wildman–Crippen MR) is 82.3 cm³/mol. The van der Waals surface area contributed by atoms with Crippen LogP contribution < -0.4 is 10.2 Å². The molecule has 0 aliphatic rings. The molecule has 1 unspecified atom stereocenters. The van der Waals surface area contributed by atoms with Crippen LogP contribution in [-0.4, -0.2) is 27.1 Å². The van der Waals surface area contributed by atoms with Crippen LogP contribution in [0.5, 0.6) is 11.5 Å². The Balaban J connectivity index is 2.08. The number of benzene rings is 2. The van der Waals surface area contributed by atoms with Crippen LogP contribution >= 0.6 is 0 Å². The van der Waals surface area contributed by atoms with Crippen LogP contribution in [0.25, 0.3) is 0 Å². The van der Waals surface area contributed by atoms with Gasteiger partial charge in [0.15, 0.2) is 0 Å². The Hall–Kier alpha value is -3.02. The Morgan fingerprint density at radius 3 is 2.32 bits per heavy atom. The molecule has 1 atom stereocenters. The first kappa shape index (κ1) is 13.9. The molecule has 0 fully saturated rings. The summed E-state index contributed by atoms with van der Waals surface area (Å²) < 4.78 is 7.09. The number of phenolic OH excluding ortho intramolecular Hbond substituents is 1. The average molecular weight is 296 g/mol. The molecule has 3 rings (SSSR count). The van der Waals surface area contributed by atoms with Crippen molar-refractivity contribution in [3.8, 4) is 11.5 Å². The van der Waals surface area contributed by atoms with Crippen LogP contribution in [0.1, 0.15) is 17.2 Å². The van der Waals surface area contributed by atoms with Gasteiger partial charge < -0.3 is 15.3 Å². The molecule has 0 aliphatic carbocycles. The zero-order chi connectivity index (χ0) is 15.4. The summed E-state index contributed by atoms with van der Waals surface area (Å²) >= 11 is 0. The number of rotatable bonds is 5. The van der Waals surface area contributed by atoms with Crippen molar-refractivity contribution in [3.63, 3.8) is 0 Å². The summed E-state index contributed by atoms with van der Waals surface area (Å²) in [6.45, 7) is 0. The van der Waals surface area contributed by atoms with Gasteiger partial charge in [-0.05, 0) is 12.1 Å². The minimum atomic E-state index is -0.312. The largest absolute Gasteiger partial charge is 0.508 e. The van der Waals surface area contributed by atoms with Crippen molar-refractivity contribution >= 4 is 0 Å². The fourth-order valence-corrected chi connectivity index (χ4v) is 2.36. The topological polar surface area (TPSA) is 72.2 Å². The standard InChI is InChI=1S/C16H16N4O2/c1-22-15-9-5-3-7-13(15)16(19-20-10-17-18-11-20)12-6-2-4-8-14(12)21/h2-11,16,19,21H,1H3. The Kier molecular flexibility index (Phi) is 3.91. The highest BCUT2D eigenvalue weighted by molar-refractivity contribution is 5.47. The molecule has 1 heterocycles. The van der Waals surface area contributed by atoms with Crippen molar-refractivity contribution in [3.05, 3.63) is 72.3 Å². The summed E-state index contributed by atoms with van der Waals surface area (Å²) in [6.07, 6.45) is 3.12. The maximum atomic E-state index is 10.2. The Labute approximate surface area is 128 Å². The molecule has 2 aromatic carbocycles. The van der Waals surface area contributed by atoms with Crippen molar-refractivity contribution < 1.29 is 9.84 Å². The quantitative estimate of drug-likeness (QED) is 0.756. The highest BCUT2D eigenvalue weighted by Crippen LogP contribution is 2.34. The number of nitrogens with zero attached hydrogens (tertiary/aromatic N) is 3. The van der Waals surface area contributed by atoms with Gasteiger partial charge in [-0.25, -0.2) is 4.68 Å². The summed E-state index contributed by atoms with van der Waals surface area (Å²) in [5.41, 5.74) is 4.90. The van der Waals surface area contributed by atoms with Crippen molar-refractivity contribution in [2.24, 2.45) is 0 Å². The molecule has 0 spiro atoms. The summed E-state index contributed by atoms with van der Waals surface area (Å²) in [5, 5.41) is 17.8. The number of aromatic hydroxyl groups is 1. The molecular weight excluding hydrogens is 280 g/mol. The van der Waals surface area contributed by atoms with E-state index < -0.39 is 0 Å². The lowest BCUT2D eigenvalue weighted by Crippen LogP contribution is -2.21. The number of nitrogens with one attached hydrogen (secondary N) is 1. The number of aromatic nitrogens is 3. The number of hydrogen-bond donors (Lipinski definition) is 2. The van der Waals surface area contributed by atoms with Gasteiger partial charge in [0.2, 0.25) is 0 Å². The van der Waals surface area contributed by atoms with Gasteiger partial charge in [0.1, 0.15) is 24.2 Å². The third-order valence-corrected chi connectivity index (χ3v) is 3.39. The van der Waals surface area contributed by atoms with Crippen LogP contribution in [-0.2, 0) is 0 Å². The van der Waals surface area contributed by atoms with Gasteiger partial charge in [-0.3, -0.25) is 0 Å². The van der Waals surface area contributed by atoms with E-state index in [1.165, 1.54) is 0 Å². The first-order chi connectivity index (χ1) is 10.8. The van der Waals surface area contributed by atoms with Crippen LogP contribution in [0.4, 0.5) is 0 Å². The van der Waals surface area contributed by atoms with E-state index in [0.717, 1.165) is 16.9 Å². The van der Waals surface area contributed by atoms with E-state index in [2.05, 4.69) is 15.6 Å². The lowest BCUT2D eigenvalue weighted by molar-refractivity contribution is 0.406. The third-order valence-electron chi connectivity index (χ3n) is 3.39. The first-order valence-corrected chi connectivity index (χ1v) is 6.81. The van der Waals surface area contributed by atoms with Gasteiger partial charge in [0.05, 0.1) is 13.2 Å². The molecule has 1 aromatic heterocycles. The van der Waals surface area contributed by atoms with Crippen molar-refractivity contribution in [2.45, 2.75) is 6.04 Å². The van der Waals surface area contributed by atoms with Gasteiger partial charge in [-0.1, -0.05) is 36.4 Å². The zero-order valence-corrected chi connectivity index (χ0v) is 12.0. The summed E-state index contributed by atoms with van der Waals surface area (Å²) in [5.74, 6) is 0.940. The molecule has 6 heteroatoms. The maximum absolute atomic E-state index is 10.2. The van der Waals surface area contributed by atoms with Gasteiger partial charge >= 0.3 is 0 Å². The Bertz CT molecular complexity index is 743. The molecule has 0 saturated heterocycles. The lowest BCUT2D eigenvalue weighted by atomic mass is 9.97. The highest BCUT2D eigenvalue weighted by Gasteiger charge is 2.21. The second-order valence-electron chi connectivity index (χ2n) is 4.73. The molecule has 0 saturated carbocycles. The van der Waals surface area contributed by atoms with E-state index >= 15 is 0 Å². The SMILES string of the molecule is COc1ccccc1C(Nn1cnnc1)c1ccccc1O. The van der Waals surface area contributed by atoms with Crippen molar-refractivity contribution in [2.75, 3.05) is 12.5 Å². The molecule has 112 valence electrons. The molecule has 0 amide bonds. The lowest BCUT2D eigenvalue weighted by Gasteiger charge is -2.23. The number of phenols is 1. The molecule has 0 aliphatic heterocycles. The minimum absolute atomic E-state index is 0.207. The van der Waals surface area contributed by atoms with Crippen LogP contribution in [0.2, 0.25) is 0 Å². The van der Waals surface area contributed by atoms with Gasteiger partial charge in [0.25, 0.3) is 0 Å². The second-order valence-corrected chi connectivity index (χ2v) is 4.73. The van der Waals surface area contributed by atoms with Gasteiger partial charge in [-0.2, -0.15) is 0 Å². The first-order valence-electron chi connectivity index (χ1n) is 6.81. The number of para-hydroxylation sites is 2. The second kappa shape index (κ2) is 6.17. The fourth-order valence-electron chi connectivity index (χ4n) is 2.36. The van der Waals surface area contributed by atoms with E-state index in [1.54, 1.807) is 36.6 Å². The molecule has 0 bridgehead atoms. The smallest absolute Gasteiger partial charge is 0.138 e. The van der Waals surface area contributed by atoms with E-state index in [0.29, 0.717) is 0 Å². The molecule has 0 radical (unpaired) electrons. The normalized spacial score (nSPS) is 11.9. The Morgan fingerprint density at radius 2 is 1.64 bits per heavy atom. The van der Waals surface area contributed by atoms with E-state index in [-0.39, 0.29) is 11.8 Å². The van der Waals surface area contributed by atoms with Crippen LogP contribution in [0, 0.1) is 0 Å². The number of ether oxygens (including phenoxy) is 1. The minimum Gasteiger partial charge on any atom is -0.508 e. The van der Waals surface area contributed by atoms with Gasteiger partial charge in [-0.15, -0.1) is 10.2 Å². The van der Waals surface area contributed by atoms with Crippen LogP contribution in [0.3, 0.4) is 0 Å². The molecule has 22 heavy (non-hydrogen) atoms. The number of methoxy groups -OCH3 is 1. The summed E-state index contributed by atoms with van der Waals surface area (Å²) in [4.78, 5) is 0. The van der Waals surface area contributed by atoms with Gasteiger partial charge in [0, 0.05) is 11.1 Å². The predicted octanol–water partition coefficient (Wildman–Crippen LogP) is 2.33. The van der Waals surface area contributed by atoms with Crippen molar-refractivity contribution in [1.29, 1.82) is 0 Å². The molecule has 2 N–H and O–H groups in total. The fraction of sp³-hybridized carbons (Fsp3) is 0.125. The summed E-state index contributed by atoms with van der Waals surface area (Å²) in [7, 11) is 1.62. The van der Waals surface area contributed by atoms with E-state index in [9.17, 15) is 5.11 Å². The van der Waals surface area contributed by atoms with E-state index in [1.807, 2.05) is 36.4 Å². The molecule has 6 nitrogen and oxygen atoms in total. The zero-order valence-electron chi connectivity index (χ0n) is 12.0. The average Bonchev–Trinajstić information content (AvgIpc) is 3.06. The highest BCUT2D eigenvalue weighted by atomic mass is 16.5. The molecular formula is C16H16N4O2. The maximum Gasteiger partial charge on any atom is 0.138 e. The van der Waals surface area contributed by atoms with Crippen molar-refractivity contribution in [1.82, 2.24) is 14.9 Å². The molecule has 3 aromatic rings. The monoisotopic (exact) mass is 296 g/mol. The third kappa shape index (κ3) is 2.71. The van der Waals surface area contributed by atoms with Crippen LogP contribution in [0.15, 0.2) is 61.2 Å². The van der Waals surface area contributed by atoms with E-state index in [4.69, 9.17) is 4.74 Å². The number of hydrogen-bond acceptors (Lipinski definition) is 5. The summed E-state index contributed by atoms with van der Waals surface area (Å²) in [6, 6.07) is 14.6.